The molecule has 2 fully saturated rings. The van der Waals surface area contributed by atoms with E-state index in [9.17, 15) is 9.90 Å². The van der Waals surface area contributed by atoms with Crippen LogP contribution in [-0.2, 0) is 14.3 Å². The second-order valence-electron chi connectivity index (χ2n) is 5.58. The second kappa shape index (κ2) is 7.76. The summed E-state index contributed by atoms with van der Waals surface area (Å²) in [5.74, 6) is -0.287. The van der Waals surface area contributed by atoms with Crippen LogP contribution in [0, 0.1) is 11.8 Å². The Labute approximate surface area is 119 Å². The number of aliphatic carboxylic acids is 1. The average molecular weight is 284 g/mol. The van der Waals surface area contributed by atoms with Gasteiger partial charge in [-0.1, -0.05) is 12.2 Å². The number of carboxylic acid groups (broad SMARTS) is 1. The van der Waals surface area contributed by atoms with Gasteiger partial charge in [-0.25, -0.2) is 0 Å². The second-order valence-corrected chi connectivity index (χ2v) is 5.58. The predicted octanol–water partition coefficient (Wildman–Crippen LogP) is 1.95. The zero-order chi connectivity index (χ0) is 14.4. The summed E-state index contributed by atoms with van der Waals surface area (Å²) in [5.41, 5.74) is 0. The van der Waals surface area contributed by atoms with Crippen molar-refractivity contribution >= 4 is 5.97 Å². The van der Waals surface area contributed by atoms with Gasteiger partial charge in [0.2, 0.25) is 0 Å². The van der Waals surface area contributed by atoms with E-state index in [1.807, 2.05) is 6.08 Å². The fourth-order valence-electron chi connectivity index (χ4n) is 3.11. The molecule has 0 radical (unpaired) electrons. The van der Waals surface area contributed by atoms with E-state index in [-0.39, 0.29) is 30.7 Å². The molecular weight excluding hydrogens is 260 g/mol. The molecule has 20 heavy (non-hydrogen) atoms. The number of aliphatic hydroxyl groups is 1. The summed E-state index contributed by atoms with van der Waals surface area (Å²) in [4.78, 5) is 10.4. The molecular formula is C15H24O5. The Morgan fingerprint density at radius 1 is 1.20 bits per heavy atom. The average Bonchev–Trinajstić information content (AvgIpc) is 3.03. The number of unbranched alkanes of at least 4 members (excludes halogenated alkanes) is 1. The molecule has 0 spiro atoms. The minimum atomic E-state index is -0.750. The van der Waals surface area contributed by atoms with Gasteiger partial charge in [0.05, 0.1) is 19.3 Å². The molecule has 2 rings (SSSR count). The van der Waals surface area contributed by atoms with Gasteiger partial charge in [0, 0.05) is 12.3 Å². The van der Waals surface area contributed by atoms with E-state index in [0.717, 1.165) is 25.7 Å². The Balaban J connectivity index is 1.74. The first-order valence-electron chi connectivity index (χ1n) is 7.46. The van der Waals surface area contributed by atoms with Crippen molar-refractivity contribution in [2.24, 2.45) is 11.8 Å². The molecule has 2 aliphatic rings. The van der Waals surface area contributed by atoms with Gasteiger partial charge in [0.25, 0.3) is 0 Å². The Hall–Kier alpha value is -0.910. The monoisotopic (exact) mass is 284 g/mol. The molecule has 114 valence electrons. The Morgan fingerprint density at radius 2 is 1.95 bits per heavy atom. The normalized spacial score (nSPS) is 31.4. The van der Waals surface area contributed by atoms with Crippen molar-refractivity contribution in [2.75, 3.05) is 13.2 Å². The van der Waals surface area contributed by atoms with Gasteiger partial charge in [-0.05, 0) is 38.0 Å². The molecule has 0 unspecified atom stereocenters. The van der Waals surface area contributed by atoms with Crippen LogP contribution >= 0.6 is 0 Å². The fourth-order valence-corrected chi connectivity index (χ4v) is 3.11. The van der Waals surface area contributed by atoms with Gasteiger partial charge in [-0.15, -0.1) is 0 Å². The topological polar surface area (TPSA) is 76.0 Å². The summed E-state index contributed by atoms with van der Waals surface area (Å²) in [6.07, 6.45) is 7.85. The van der Waals surface area contributed by atoms with Gasteiger partial charge < -0.3 is 19.7 Å². The highest BCUT2D eigenvalue weighted by Crippen LogP contribution is 2.39. The number of aliphatic hydroxyl groups excluding tert-OH is 1. The molecule has 0 aromatic carbocycles. The number of carboxylic acids is 1. The zero-order valence-electron chi connectivity index (χ0n) is 11.7. The van der Waals surface area contributed by atoms with E-state index >= 15 is 0 Å². The molecule has 1 heterocycles. The van der Waals surface area contributed by atoms with E-state index < -0.39 is 5.97 Å². The van der Waals surface area contributed by atoms with Gasteiger partial charge in [-0.2, -0.15) is 0 Å². The van der Waals surface area contributed by atoms with Crippen molar-refractivity contribution in [2.45, 2.75) is 50.9 Å². The summed E-state index contributed by atoms with van der Waals surface area (Å²) >= 11 is 0. The smallest absolute Gasteiger partial charge is 0.303 e. The lowest BCUT2D eigenvalue weighted by Crippen LogP contribution is -2.28. The molecule has 0 aromatic heterocycles. The Bertz CT molecular complexity index is 335. The van der Waals surface area contributed by atoms with Gasteiger partial charge >= 0.3 is 5.97 Å². The van der Waals surface area contributed by atoms with Crippen LogP contribution in [0.3, 0.4) is 0 Å². The van der Waals surface area contributed by atoms with Crippen LogP contribution in [0.15, 0.2) is 12.2 Å². The third-order valence-corrected chi connectivity index (χ3v) is 4.17. The largest absolute Gasteiger partial charge is 0.481 e. The van der Waals surface area contributed by atoms with E-state index in [4.69, 9.17) is 14.6 Å². The van der Waals surface area contributed by atoms with Crippen LogP contribution in [0.5, 0.6) is 0 Å². The van der Waals surface area contributed by atoms with Crippen LogP contribution < -0.4 is 0 Å². The number of hydrogen-bond acceptors (Lipinski definition) is 4. The standard InChI is InChI=1S/C15H24O5/c16-13-8-7-12(15-19-9-10-20-15)11(13)5-3-1-2-4-6-14(17)18/h1,3,11-13,15-16H,2,4-10H2,(H,17,18)/b3-1-/t11-,12+,13+/m0/s1. The summed E-state index contributed by atoms with van der Waals surface area (Å²) in [5, 5.41) is 18.6. The SMILES string of the molecule is O=C(O)CCC/C=C\C[C@@H]1[C@H](O)CC[C@H]1C1OCCO1. The highest BCUT2D eigenvalue weighted by molar-refractivity contribution is 5.66. The van der Waals surface area contributed by atoms with Gasteiger partial charge in [0.1, 0.15) is 0 Å². The maximum Gasteiger partial charge on any atom is 0.303 e. The van der Waals surface area contributed by atoms with Crippen LogP contribution in [0.2, 0.25) is 0 Å². The molecule has 1 aliphatic heterocycles. The van der Waals surface area contributed by atoms with Crippen molar-refractivity contribution in [3.05, 3.63) is 12.2 Å². The molecule has 1 saturated heterocycles. The van der Waals surface area contributed by atoms with Crippen molar-refractivity contribution in [1.29, 1.82) is 0 Å². The minimum absolute atomic E-state index is 0.155. The highest BCUT2D eigenvalue weighted by Gasteiger charge is 2.41. The molecule has 0 amide bonds. The predicted molar refractivity (Wildman–Crippen MR) is 73.2 cm³/mol. The maximum absolute atomic E-state index is 10.4. The number of rotatable bonds is 7. The van der Waals surface area contributed by atoms with Crippen molar-refractivity contribution in [3.8, 4) is 0 Å². The lowest BCUT2D eigenvalue weighted by molar-refractivity contribution is -0.137. The summed E-state index contributed by atoms with van der Waals surface area (Å²) in [6, 6.07) is 0. The van der Waals surface area contributed by atoms with Crippen molar-refractivity contribution in [1.82, 2.24) is 0 Å². The maximum atomic E-state index is 10.4. The lowest BCUT2D eigenvalue weighted by atomic mass is 9.90. The van der Waals surface area contributed by atoms with Crippen molar-refractivity contribution < 1.29 is 24.5 Å². The summed E-state index contributed by atoms with van der Waals surface area (Å²) < 4.78 is 11.1. The Morgan fingerprint density at radius 3 is 2.65 bits per heavy atom. The summed E-state index contributed by atoms with van der Waals surface area (Å²) in [7, 11) is 0. The molecule has 0 aromatic rings. The van der Waals surface area contributed by atoms with E-state index in [2.05, 4.69) is 6.08 Å². The van der Waals surface area contributed by atoms with Crippen LogP contribution in [0.1, 0.15) is 38.5 Å². The zero-order valence-corrected chi connectivity index (χ0v) is 11.7. The summed E-state index contributed by atoms with van der Waals surface area (Å²) in [6.45, 7) is 1.30. The molecule has 5 nitrogen and oxygen atoms in total. The number of ether oxygens (including phenoxy) is 2. The Kier molecular flexibility index (Phi) is 6.01. The molecule has 0 bridgehead atoms. The van der Waals surface area contributed by atoms with E-state index in [1.165, 1.54) is 0 Å². The van der Waals surface area contributed by atoms with E-state index in [0.29, 0.717) is 19.6 Å². The third kappa shape index (κ3) is 4.30. The van der Waals surface area contributed by atoms with Crippen LogP contribution in [-0.4, -0.2) is 41.8 Å². The molecule has 1 aliphatic carbocycles. The van der Waals surface area contributed by atoms with Gasteiger partial charge in [0.15, 0.2) is 6.29 Å². The fraction of sp³-hybridized carbons (Fsp3) is 0.800. The highest BCUT2D eigenvalue weighted by atomic mass is 16.7. The van der Waals surface area contributed by atoms with Crippen molar-refractivity contribution in [3.63, 3.8) is 0 Å². The number of hydrogen-bond donors (Lipinski definition) is 2. The number of allylic oxidation sites excluding steroid dienone is 2. The lowest BCUT2D eigenvalue weighted by Gasteiger charge is -2.24. The first kappa shape index (κ1) is 15.5. The minimum Gasteiger partial charge on any atom is -0.481 e. The van der Waals surface area contributed by atoms with Crippen LogP contribution in [0.25, 0.3) is 0 Å². The number of carbonyl (C=O) groups is 1. The van der Waals surface area contributed by atoms with Crippen LogP contribution in [0.4, 0.5) is 0 Å². The van der Waals surface area contributed by atoms with E-state index in [1.54, 1.807) is 0 Å². The first-order valence-corrected chi connectivity index (χ1v) is 7.46. The third-order valence-electron chi connectivity index (χ3n) is 4.17. The first-order chi connectivity index (χ1) is 9.68. The molecule has 1 saturated carbocycles. The molecule has 2 N–H and O–H groups in total. The molecule has 5 heteroatoms. The quantitative estimate of drug-likeness (QED) is 0.552. The van der Waals surface area contributed by atoms with Gasteiger partial charge in [-0.3, -0.25) is 4.79 Å². The molecule has 3 atom stereocenters.